The van der Waals surface area contributed by atoms with Gasteiger partial charge < -0.3 is 10.2 Å². The smallest absolute Gasteiger partial charge is 0.0577 e. The van der Waals surface area contributed by atoms with Crippen LogP contribution in [-0.2, 0) is 0 Å². The Labute approximate surface area is 178 Å². The normalized spacial score (nSPS) is 48.9. The van der Waals surface area contributed by atoms with E-state index >= 15 is 0 Å². The third kappa shape index (κ3) is 3.36. The van der Waals surface area contributed by atoms with Gasteiger partial charge in [-0.25, -0.2) is 0 Å². The fourth-order valence-corrected chi connectivity index (χ4v) is 8.89. The van der Waals surface area contributed by atoms with E-state index in [0.29, 0.717) is 22.7 Å². The molecule has 0 aromatic rings. The highest BCUT2D eigenvalue weighted by molar-refractivity contribution is 5.25. The third-order valence-corrected chi connectivity index (χ3v) is 11.0. The molecule has 9 atom stereocenters. The highest BCUT2D eigenvalue weighted by atomic mass is 16.3. The maximum atomic E-state index is 11.0. The summed E-state index contributed by atoms with van der Waals surface area (Å²) in [5.41, 5.74) is 2.35. The minimum absolute atomic E-state index is 0.0934. The molecule has 4 fully saturated rings. The van der Waals surface area contributed by atoms with Crippen molar-refractivity contribution in [2.24, 2.45) is 46.3 Å². The molecule has 164 valence electrons. The molecule has 0 aromatic heterocycles. The van der Waals surface area contributed by atoms with E-state index in [1.165, 1.54) is 57.8 Å². The second-order valence-corrected chi connectivity index (χ2v) is 12.3. The molecule has 2 N–H and O–H groups in total. The Bertz CT molecular complexity index is 651. The number of aliphatic hydroxyl groups is 2. The van der Waals surface area contributed by atoms with Gasteiger partial charge in [0.15, 0.2) is 0 Å². The summed E-state index contributed by atoms with van der Waals surface area (Å²) in [6, 6.07) is 0. The van der Waals surface area contributed by atoms with Crippen molar-refractivity contribution in [3.63, 3.8) is 0 Å². The molecule has 2 nitrogen and oxygen atoms in total. The first kappa shape index (κ1) is 20.6. The lowest BCUT2D eigenvalue weighted by Crippen LogP contribution is -2.51. The van der Waals surface area contributed by atoms with Gasteiger partial charge in [-0.2, -0.15) is 0 Å². The van der Waals surface area contributed by atoms with Crippen molar-refractivity contribution in [3.05, 3.63) is 11.6 Å². The van der Waals surface area contributed by atoms with E-state index in [4.69, 9.17) is 0 Å². The maximum absolute atomic E-state index is 11.0. The van der Waals surface area contributed by atoms with Crippen molar-refractivity contribution in [1.29, 1.82) is 0 Å². The molecule has 0 aromatic carbocycles. The van der Waals surface area contributed by atoms with Gasteiger partial charge in [0.05, 0.1) is 12.2 Å². The zero-order valence-electron chi connectivity index (χ0n) is 19.1. The van der Waals surface area contributed by atoms with Crippen LogP contribution >= 0.6 is 0 Å². The topological polar surface area (TPSA) is 40.5 Å². The number of fused-ring (bicyclic) bond motifs is 5. The average molecular weight is 401 g/mol. The fourth-order valence-electron chi connectivity index (χ4n) is 8.89. The summed E-state index contributed by atoms with van der Waals surface area (Å²) >= 11 is 0. The van der Waals surface area contributed by atoms with Crippen molar-refractivity contribution in [1.82, 2.24) is 0 Å². The quantitative estimate of drug-likeness (QED) is 0.546. The third-order valence-electron chi connectivity index (χ3n) is 11.0. The molecule has 0 saturated heterocycles. The van der Waals surface area contributed by atoms with Crippen molar-refractivity contribution >= 4 is 0 Å². The SMILES string of the molecule is C[C@H](C(O)CCC1CC1)[C@H]1CC[C@H]2[C@@H]3CC=C4C[C@@H](O)CC[C@]4(C)[C@H]3CC[C@]12C. The summed E-state index contributed by atoms with van der Waals surface area (Å²) in [5.74, 6) is 4.58. The van der Waals surface area contributed by atoms with Crippen LogP contribution in [0, 0.1) is 46.3 Å². The molecule has 1 unspecified atom stereocenters. The van der Waals surface area contributed by atoms with Gasteiger partial charge in [-0.15, -0.1) is 0 Å². The first-order chi connectivity index (χ1) is 13.8. The van der Waals surface area contributed by atoms with Crippen molar-refractivity contribution in [2.75, 3.05) is 0 Å². The zero-order chi connectivity index (χ0) is 20.4. The summed E-state index contributed by atoms with van der Waals surface area (Å²) in [4.78, 5) is 0. The van der Waals surface area contributed by atoms with Crippen molar-refractivity contribution in [2.45, 2.75) is 110 Å². The Balaban J connectivity index is 1.32. The Morgan fingerprint density at radius 2 is 1.83 bits per heavy atom. The molecule has 5 rings (SSSR count). The standard InChI is InChI=1S/C27H44O2/c1-17(25(29)11-6-18-4-5-18)22-9-10-23-21-8-7-19-16-20(28)12-14-26(19,2)24(21)13-15-27(22,23)3/h7,17-18,20-25,28-29H,4-6,8-16H2,1-3H3/t17-,20-,21-,22+,23-,24-,25?,26-,27+/m0/s1. The summed E-state index contributed by atoms with van der Waals surface area (Å²) in [5, 5.41) is 21.2. The van der Waals surface area contributed by atoms with Crippen LogP contribution in [-0.4, -0.2) is 22.4 Å². The monoisotopic (exact) mass is 400 g/mol. The Hall–Kier alpha value is -0.340. The summed E-state index contributed by atoms with van der Waals surface area (Å²) in [6.45, 7) is 7.49. The number of hydrogen-bond donors (Lipinski definition) is 2. The minimum Gasteiger partial charge on any atom is -0.393 e. The predicted molar refractivity (Wildman–Crippen MR) is 118 cm³/mol. The van der Waals surface area contributed by atoms with Gasteiger partial charge in [0.2, 0.25) is 0 Å². The fraction of sp³-hybridized carbons (Fsp3) is 0.926. The van der Waals surface area contributed by atoms with Crippen LogP contribution in [0.25, 0.3) is 0 Å². The largest absolute Gasteiger partial charge is 0.393 e. The van der Waals surface area contributed by atoms with Crippen molar-refractivity contribution in [3.8, 4) is 0 Å². The first-order valence-corrected chi connectivity index (χ1v) is 12.9. The average Bonchev–Trinajstić information content (AvgIpc) is 3.46. The van der Waals surface area contributed by atoms with E-state index in [-0.39, 0.29) is 12.2 Å². The lowest BCUT2D eigenvalue weighted by atomic mass is 9.47. The molecule has 0 spiro atoms. The molecule has 0 heterocycles. The molecule has 0 amide bonds. The van der Waals surface area contributed by atoms with Gasteiger partial charge >= 0.3 is 0 Å². The molecule has 5 aliphatic rings. The molecule has 29 heavy (non-hydrogen) atoms. The van der Waals surface area contributed by atoms with Crippen LogP contribution < -0.4 is 0 Å². The molecule has 0 aliphatic heterocycles. The van der Waals surface area contributed by atoms with Gasteiger partial charge in [-0.05, 0) is 111 Å². The molecule has 0 radical (unpaired) electrons. The lowest BCUT2D eigenvalue weighted by Gasteiger charge is -2.58. The van der Waals surface area contributed by atoms with Crippen LogP contribution in [0.2, 0.25) is 0 Å². The number of hydrogen-bond acceptors (Lipinski definition) is 2. The predicted octanol–water partition coefficient (Wildman–Crippen LogP) is 6.11. The van der Waals surface area contributed by atoms with Gasteiger partial charge in [0, 0.05) is 0 Å². The molecule has 5 aliphatic carbocycles. The van der Waals surface area contributed by atoms with Crippen LogP contribution in [0.3, 0.4) is 0 Å². The van der Waals surface area contributed by atoms with E-state index in [0.717, 1.165) is 42.9 Å². The Morgan fingerprint density at radius 3 is 2.59 bits per heavy atom. The maximum Gasteiger partial charge on any atom is 0.0577 e. The lowest BCUT2D eigenvalue weighted by molar-refractivity contribution is -0.0680. The van der Waals surface area contributed by atoms with Gasteiger partial charge in [-0.1, -0.05) is 45.3 Å². The van der Waals surface area contributed by atoms with E-state index in [2.05, 4.69) is 26.8 Å². The van der Waals surface area contributed by atoms with E-state index in [1.807, 2.05) is 0 Å². The second-order valence-electron chi connectivity index (χ2n) is 12.3. The first-order valence-electron chi connectivity index (χ1n) is 12.9. The molecule has 2 heteroatoms. The zero-order valence-corrected chi connectivity index (χ0v) is 19.1. The Kier molecular flexibility index (Phi) is 5.22. The number of rotatable bonds is 5. The molecular formula is C27H44O2. The highest BCUT2D eigenvalue weighted by Gasteiger charge is 2.59. The summed E-state index contributed by atoms with van der Waals surface area (Å²) in [7, 11) is 0. The van der Waals surface area contributed by atoms with Gasteiger partial charge in [-0.3, -0.25) is 0 Å². The van der Waals surface area contributed by atoms with Gasteiger partial charge in [0.1, 0.15) is 0 Å². The highest BCUT2D eigenvalue weighted by Crippen LogP contribution is 2.67. The van der Waals surface area contributed by atoms with E-state index < -0.39 is 0 Å². The van der Waals surface area contributed by atoms with Crippen LogP contribution in [0.4, 0.5) is 0 Å². The number of allylic oxidation sites excluding steroid dienone is 1. The van der Waals surface area contributed by atoms with Crippen LogP contribution in [0.15, 0.2) is 11.6 Å². The number of aliphatic hydroxyl groups excluding tert-OH is 2. The Morgan fingerprint density at radius 1 is 1.03 bits per heavy atom. The molecule has 4 saturated carbocycles. The molecular weight excluding hydrogens is 356 g/mol. The molecule has 0 bridgehead atoms. The van der Waals surface area contributed by atoms with Crippen LogP contribution in [0.1, 0.15) is 97.8 Å². The van der Waals surface area contributed by atoms with Crippen molar-refractivity contribution < 1.29 is 10.2 Å². The van der Waals surface area contributed by atoms with E-state index in [1.54, 1.807) is 5.57 Å². The second kappa shape index (κ2) is 7.37. The summed E-state index contributed by atoms with van der Waals surface area (Å²) < 4.78 is 0. The van der Waals surface area contributed by atoms with E-state index in [9.17, 15) is 10.2 Å². The van der Waals surface area contributed by atoms with Crippen LogP contribution in [0.5, 0.6) is 0 Å². The minimum atomic E-state index is -0.103. The summed E-state index contributed by atoms with van der Waals surface area (Å²) in [6.07, 6.45) is 17.2. The van der Waals surface area contributed by atoms with Gasteiger partial charge in [0.25, 0.3) is 0 Å².